The van der Waals surface area contributed by atoms with Crippen LogP contribution in [0.5, 0.6) is 11.5 Å². The third kappa shape index (κ3) is 4.09. The van der Waals surface area contributed by atoms with Crippen molar-refractivity contribution in [3.63, 3.8) is 0 Å². The lowest BCUT2D eigenvalue weighted by Crippen LogP contribution is -2.53. The molecule has 0 N–H and O–H groups in total. The van der Waals surface area contributed by atoms with Crippen LogP contribution in [0.25, 0.3) is 0 Å². The number of fused-ring (bicyclic) bond motifs is 1. The van der Waals surface area contributed by atoms with Crippen molar-refractivity contribution in [2.75, 3.05) is 47.1 Å². The average molecular weight is 437 g/mol. The summed E-state index contributed by atoms with van der Waals surface area (Å²) >= 11 is 0. The Labute approximate surface area is 190 Å². The Morgan fingerprint density at radius 3 is 2.53 bits per heavy atom. The van der Waals surface area contributed by atoms with Gasteiger partial charge in [-0.3, -0.25) is 9.69 Å². The minimum Gasteiger partial charge on any atom is -0.493 e. The molecule has 2 aliphatic heterocycles. The molecule has 2 atom stereocenters. The highest BCUT2D eigenvalue weighted by atomic mass is 16.5. The van der Waals surface area contributed by atoms with Gasteiger partial charge in [0.1, 0.15) is 0 Å². The zero-order valence-electron chi connectivity index (χ0n) is 19.0. The second-order valence-corrected chi connectivity index (χ2v) is 9.01. The molecule has 6 heteroatoms. The lowest BCUT2D eigenvalue weighted by Gasteiger charge is -2.41. The molecule has 1 amide bonds. The van der Waals surface area contributed by atoms with Crippen molar-refractivity contribution in [1.82, 2.24) is 9.80 Å². The first kappa shape index (κ1) is 21.3. The van der Waals surface area contributed by atoms with E-state index in [1.807, 2.05) is 6.07 Å². The number of morpholine rings is 1. The van der Waals surface area contributed by atoms with E-state index < -0.39 is 0 Å². The highest BCUT2D eigenvalue weighted by Crippen LogP contribution is 2.41. The standard InChI is InChI=1S/C26H32N2O4/c1-30-23-14-20-10-11-27(16-25(29)28-12-13-32-17-22(28)18-8-9-18)26(19-6-4-3-5-7-19)21(20)15-24(23)31-2/h3-7,14-15,18,22,26H,8-13,16-17H2,1-2H3. The Balaban J connectivity index is 1.46. The molecule has 0 spiro atoms. The van der Waals surface area contributed by atoms with E-state index in [4.69, 9.17) is 14.2 Å². The van der Waals surface area contributed by atoms with Crippen molar-refractivity contribution in [1.29, 1.82) is 0 Å². The molecular weight excluding hydrogens is 404 g/mol. The monoisotopic (exact) mass is 436 g/mol. The number of carbonyl (C=O) groups is 1. The van der Waals surface area contributed by atoms with Gasteiger partial charge in [-0.15, -0.1) is 0 Å². The summed E-state index contributed by atoms with van der Waals surface area (Å²) in [5.41, 5.74) is 3.63. The van der Waals surface area contributed by atoms with Crippen LogP contribution in [0.4, 0.5) is 0 Å². The summed E-state index contributed by atoms with van der Waals surface area (Å²) in [5.74, 6) is 2.31. The van der Waals surface area contributed by atoms with Crippen LogP contribution in [0, 0.1) is 5.92 Å². The van der Waals surface area contributed by atoms with E-state index in [0.717, 1.165) is 24.5 Å². The molecular formula is C26H32N2O4. The molecule has 1 aliphatic carbocycles. The molecule has 2 heterocycles. The Kier molecular flexibility index (Phi) is 6.07. The van der Waals surface area contributed by atoms with Crippen molar-refractivity contribution >= 4 is 5.91 Å². The third-order valence-electron chi connectivity index (χ3n) is 7.08. The maximum absolute atomic E-state index is 13.5. The molecule has 6 nitrogen and oxygen atoms in total. The molecule has 32 heavy (non-hydrogen) atoms. The fourth-order valence-electron chi connectivity index (χ4n) is 5.26. The highest BCUT2D eigenvalue weighted by molar-refractivity contribution is 5.79. The van der Waals surface area contributed by atoms with E-state index in [1.54, 1.807) is 14.2 Å². The Morgan fingerprint density at radius 2 is 1.81 bits per heavy atom. The van der Waals surface area contributed by atoms with Crippen molar-refractivity contribution in [3.05, 3.63) is 59.2 Å². The molecule has 2 fully saturated rings. The average Bonchev–Trinajstić information content (AvgIpc) is 3.69. The van der Waals surface area contributed by atoms with Crippen LogP contribution < -0.4 is 9.47 Å². The van der Waals surface area contributed by atoms with Crippen molar-refractivity contribution in [2.24, 2.45) is 5.92 Å². The van der Waals surface area contributed by atoms with Gasteiger partial charge in [-0.2, -0.15) is 0 Å². The number of nitrogens with zero attached hydrogens (tertiary/aromatic N) is 2. The van der Waals surface area contributed by atoms with Crippen LogP contribution in [0.1, 0.15) is 35.6 Å². The number of amides is 1. The highest BCUT2D eigenvalue weighted by Gasteiger charge is 2.40. The van der Waals surface area contributed by atoms with Crippen molar-refractivity contribution in [3.8, 4) is 11.5 Å². The van der Waals surface area contributed by atoms with Crippen molar-refractivity contribution < 1.29 is 19.0 Å². The molecule has 2 aromatic carbocycles. The van der Waals surface area contributed by atoms with Gasteiger partial charge in [-0.1, -0.05) is 30.3 Å². The fraction of sp³-hybridized carbons (Fsp3) is 0.500. The fourth-order valence-corrected chi connectivity index (χ4v) is 5.26. The summed E-state index contributed by atoms with van der Waals surface area (Å²) < 4.78 is 16.9. The number of rotatable bonds is 6. The van der Waals surface area contributed by atoms with Crippen LogP contribution in [0.3, 0.4) is 0 Å². The number of hydrogen-bond donors (Lipinski definition) is 0. The van der Waals surface area contributed by atoms with E-state index in [2.05, 4.69) is 46.2 Å². The van der Waals surface area contributed by atoms with Gasteiger partial charge in [0, 0.05) is 13.1 Å². The number of ether oxygens (including phenoxy) is 3. The van der Waals surface area contributed by atoms with Crippen LogP contribution in [-0.2, 0) is 16.0 Å². The van der Waals surface area contributed by atoms with Crippen molar-refractivity contribution in [2.45, 2.75) is 31.3 Å². The lowest BCUT2D eigenvalue weighted by molar-refractivity contribution is -0.142. The van der Waals surface area contributed by atoms with Gasteiger partial charge in [0.15, 0.2) is 11.5 Å². The molecule has 3 aliphatic rings. The molecule has 170 valence electrons. The van der Waals surface area contributed by atoms with Gasteiger partial charge >= 0.3 is 0 Å². The normalized spacial score (nSPS) is 23.5. The molecule has 2 unspecified atom stereocenters. The molecule has 0 aromatic heterocycles. The first-order valence-corrected chi connectivity index (χ1v) is 11.6. The first-order chi connectivity index (χ1) is 15.7. The molecule has 0 radical (unpaired) electrons. The van der Waals surface area contributed by atoms with Gasteiger partial charge in [-0.25, -0.2) is 0 Å². The number of methoxy groups -OCH3 is 2. The van der Waals surface area contributed by atoms with Crippen LogP contribution in [-0.4, -0.2) is 68.8 Å². The predicted octanol–water partition coefficient (Wildman–Crippen LogP) is 3.29. The molecule has 2 aromatic rings. The zero-order valence-corrected chi connectivity index (χ0v) is 19.0. The van der Waals surface area contributed by atoms with Gasteiger partial charge < -0.3 is 19.1 Å². The predicted molar refractivity (Wildman–Crippen MR) is 122 cm³/mol. The minimum absolute atomic E-state index is 0.00382. The Morgan fingerprint density at radius 1 is 1.06 bits per heavy atom. The maximum atomic E-state index is 13.5. The summed E-state index contributed by atoms with van der Waals surface area (Å²) in [6.45, 7) is 3.25. The lowest BCUT2D eigenvalue weighted by atomic mass is 9.87. The summed E-state index contributed by atoms with van der Waals surface area (Å²) in [6, 6.07) is 14.9. The van der Waals surface area contributed by atoms with Gasteiger partial charge in [0.05, 0.1) is 46.1 Å². The maximum Gasteiger partial charge on any atom is 0.237 e. The first-order valence-electron chi connectivity index (χ1n) is 11.6. The van der Waals surface area contributed by atoms with E-state index in [-0.39, 0.29) is 18.0 Å². The third-order valence-corrected chi connectivity index (χ3v) is 7.08. The summed E-state index contributed by atoms with van der Waals surface area (Å²) in [5, 5.41) is 0. The van der Waals surface area contributed by atoms with Crippen LogP contribution >= 0.6 is 0 Å². The van der Waals surface area contributed by atoms with E-state index in [9.17, 15) is 4.79 Å². The SMILES string of the molecule is COc1cc2c(cc1OC)C(c1ccccc1)N(CC(=O)N1CCOCC1C1CC1)CC2. The molecule has 0 bridgehead atoms. The van der Waals surface area contributed by atoms with Gasteiger partial charge in [-0.05, 0) is 54.0 Å². The second-order valence-electron chi connectivity index (χ2n) is 9.01. The molecule has 1 saturated carbocycles. The molecule has 1 saturated heterocycles. The Bertz CT molecular complexity index is 960. The summed E-state index contributed by atoms with van der Waals surface area (Å²) in [7, 11) is 3.34. The number of benzene rings is 2. The van der Waals surface area contributed by atoms with Gasteiger partial charge in [0.2, 0.25) is 5.91 Å². The smallest absolute Gasteiger partial charge is 0.237 e. The summed E-state index contributed by atoms with van der Waals surface area (Å²) in [4.78, 5) is 17.9. The topological polar surface area (TPSA) is 51.2 Å². The Hall–Kier alpha value is -2.57. The van der Waals surface area contributed by atoms with E-state index in [0.29, 0.717) is 32.2 Å². The second kappa shape index (κ2) is 9.12. The van der Waals surface area contributed by atoms with E-state index >= 15 is 0 Å². The largest absolute Gasteiger partial charge is 0.493 e. The van der Waals surface area contributed by atoms with Crippen LogP contribution in [0.15, 0.2) is 42.5 Å². The quantitative estimate of drug-likeness (QED) is 0.696. The number of carbonyl (C=O) groups excluding carboxylic acids is 1. The minimum atomic E-state index is 0.00382. The van der Waals surface area contributed by atoms with E-state index in [1.165, 1.54) is 29.5 Å². The number of hydrogen-bond acceptors (Lipinski definition) is 5. The zero-order chi connectivity index (χ0) is 22.1. The molecule has 5 rings (SSSR count). The van der Waals surface area contributed by atoms with Gasteiger partial charge in [0.25, 0.3) is 0 Å². The summed E-state index contributed by atoms with van der Waals surface area (Å²) in [6.07, 6.45) is 3.30. The van der Waals surface area contributed by atoms with Crippen LogP contribution in [0.2, 0.25) is 0 Å².